The summed E-state index contributed by atoms with van der Waals surface area (Å²) in [5.74, 6) is 2.43. The highest BCUT2D eigenvalue weighted by atomic mass is 16.5. The summed E-state index contributed by atoms with van der Waals surface area (Å²) in [7, 11) is 1.66. The number of piperidine rings is 1. The summed E-state index contributed by atoms with van der Waals surface area (Å²) < 4.78 is 11.3. The van der Waals surface area contributed by atoms with Crippen molar-refractivity contribution >= 4 is 16.9 Å². The number of furan rings is 1. The first-order valence-electron chi connectivity index (χ1n) is 9.07. The minimum atomic E-state index is 0.0715. The highest BCUT2D eigenvalue weighted by Crippen LogP contribution is 2.28. The summed E-state index contributed by atoms with van der Waals surface area (Å²) in [4.78, 5) is 14.2. The molecule has 3 rings (SSSR count). The van der Waals surface area contributed by atoms with Crippen LogP contribution in [-0.2, 0) is 11.3 Å². The first kappa shape index (κ1) is 17.8. The normalized spacial score (nSPS) is 21.1. The molecule has 0 aliphatic carbocycles. The number of nitrogens with one attached hydrogen (secondary N) is 1. The fraction of sp³-hybridized carbons (Fsp3) is 0.550. The van der Waals surface area contributed by atoms with Crippen molar-refractivity contribution in [2.24, 2.45) is 11.8 Å². The van der Waals surface area contributed by atoms with Gasteiger partial charge in [0.15, 0.2) is 11.3 Å². The third kappa shape index (κ3) is 3.82. The number of hydrogen-bond acceptors (Lipinski definition) is 4. The van der Waals surface area contributed by atoms with E-state index in [1.807, 2.05) is 36.9 Å². The first-order chi connectivity index (χ1) is 12.0. The number of carbonyl (C=O) groups is 1. The minimum Gasteiger partial charge on any atom is -0.493 e. The second kappa shape index (κ2) is 7.48. The molecule has 0 unspecified atom stereocenters. The predicted octanol–water partition coefficient (Wildman–Crippen LogP) is 3.42. The quantitative estimate of drug-likeness (QED) is 0.903. The topological polar surface area (TPSA) is 54.7 Å². The van der Waals surface area contributed by atoms with Crippen molar-refractivity contribution < 1.29 is 13.9 Å². The van der Waals surface area contributed by atoms with Gasteiger partial charge in [-0.15, -0.1) is 0 Å². The van der Waals surface area contributed by atoms with Crippen LogP contribution in [0.25, 0.3) is 11.0 Å². The SMILES string of the molecule is COc1cccc2cc(CN[C@@H]3CCN(C(=O)C(C)C)C[C@@H]3C)oc12. The van der Waals surface area contributed by atoms with Crippen molar-refractivity contribution in [2.75, 3.05) is 20.2 Å². The molecule has 0 bridgehead atoms. The van der Waals surface area contributed by atoms with Gasteiger partial charge in [-0.1, -0.05) is 32.9 Å². The lowest BCUT2D eigenvalue weighted by molar-refractivity contribution is -0.136. The number of methoxy groups -OCH3 is 1. The predicted molar refractivity (Wildman–Crippen MR) is 98.6 cm³/mol. The highest BCUT2D eigenvalue weighted by molar-refractivity contribution is 5.83. The number of carbonyl (C=O) groups excluding carboxylic acids is 1. The Hall–Kier alpha value is -2.01. The van der Waals surface area contributed by atoms with Crippen molar-refractivity contribution in [1.29, 1.82) is 0 Å². The molecule has 1 aliphatic rings. The molecule has 5 nitrogen and oxygen atoms in total. The van der Waals surface area contributed by atoms with Crippen LogP contribution < -0.4 is 10.1 Å². The Bertz CT molecular complexity index is 738. The molecule has 1 aliphatic heterocycles. The molecular weight excluding hydrogens is 316 g/mol. The van der Waals surface area contributed by atoms with Crippen molar-refractivity contribution in [3.05, 3.63) is 30.0 Å². The third-order valence-electron chi connectivity index (χ3n) is 5.03. The van der Waals surface area contributed by atoms with E-state index in [0.717, 1.165) is 42.0 Å². The van der Waals surface area contributed by atoms with Crippen LogP contribution in [-0.4, -0.2) is 37.0 Å². The summed E-state index contributed by atoms with van der Waals surface area (Å²) >= 11 is 0. The van der Waals surface area contributed by atoms with Gasteiger partial charge in [-0.05, 0) is 24.5 Å². The van der Waals surface area contributed by atoms with Crippen LogP contribution >= 0.6 is 0 Å². The summed E-state index contributed by atoms with van der Waals surface area (Å²) in [6.07, 6.45) is 0.975. The number of rotatable bonds is 5. The number of benzene rings is 1. The van der Waals surface area contributed by atoms with E-state index < -0.39 is 0 Å². The van der Waals surface area contributed by atoms with Crippen molar-refractivity contribution in [2.45, 2.75) is 39.8 Å². The maximum atomic E-state index is 12.2. The van der Waals surface area contributed by atoms with E-state index in [1.54, 1.807) is 7.11 Å². The van der Waals surface area contributed by atoms with Crippen LogP contribution in [0.5, 0.6) is 5.75 Å². The van der Waals surface area contributed by atoms with Gasteiger partial charge in [-0.3, -0.25) is 4.79 Å². The van der Waals surface area contributed by atoms with Gasteiger partial charge in [0.2, 0.25) is 5.91 Å². The second-order valence-corrected chi connectivity index (χ2v) is 7.28. The Morgan fingerprint density at radius 3 is 2.92 bits per heavy atom. The van der Waals surface area contributed by atoms with Gasteiger partial charge in [0.05, 0.1) is 13.7 Å². The van der Waals surface area contributed by atoms with Gasteiger partial charge >= 0.3 is 0 Å². The van der Waals surface area contributed by atoms with Gasteiger partial charge in [-0.25, -0.2) is 0 Å². The Morgan fingerprint density at radius 2 is 2.24 bits per heavy atom. The molecule has 25 heavy (non-hydrogen) atoms. The third-order valence-corrected chi connectivity index (χ3v) is 5.03. The van der Waals surface area contributed by atoms with Crippen LogP contribution in [0, 0.1) is 11.8 Å². The van der Waals surface area contributed by atoms with Crippen molar-refractivity contribution in [3.8, 4) is 5.75 Å². The average molecular weight is 344 g/mol. The first-order valence-corrected chi connectivity index (χ1v) is 9.07. The number of hydrogen-bond donors (Lipinski definition) is 1. The molecule has 0 spiro atoms. The van der Waals surface area contributed by atoms with Crippen LogP contribution in [0.2, 0.25) is 0 Å². The average Bonchev–Trinajstić information content (AvgIpc) is 3.02. The van der Waals surface area contributed by atoms with Gasteiger partial charge in [0.25, 0.3) is 0 Å². The van der Waals surface area contributed by atoms with Gasteiger partial charge in [-0.2, -0.15) is 0 Å². The lowest BCUT2D eigenvalue weighted by Gasteiger charge is -2.38. The van der Waals surface area contributed by atoms with E-state index in [0.29, 0.717) is 18.5 Å². The molecule has 1 saturated heterocycles. The van der Waals surface area contributed by atoms with Crippen LogP contribution in [0.4, 0.5) is 0 Å². The summed E-state index contributed by atoms with van der Waals surface area (Å²) in [5, 5.41) is 4.66. The molecule has 1 aromatic carbocycles. The molecule has 1 amide bonds. The van der Waals surface area contributed by atoms with Gasteiger partial charge < -0.3 is 19.4 Å². The summed E-state index contributed by atoms with van der Waals surface area (Å²) in [5.41, 5.74) is 0.798. The summed E-state index contributed by atoms with van der Waals surface area (Å²) in [6, 6.07) is 8.37. The Labute approximate surface area is 149 Å². The minimum absolute atomic E-state index is 0.0715. The molecule has 1 N–H and O–H groups in total. The van der Waals surface area contributed by atoms with Gasteiger partial charge in [0, 0.05) is 30.4 Å². The molecule has 2 atom stereocenters. The van der Waals surface area contributed by atoms with E-state index in [4.69, 9.17) is 9.15 Å². The monoisotopic (exact) mass is 344 g/mol. The van der Waals surface area contributed by atoms with Crippen LogP contribution in [0.1, 0.15) is 33.0 Å². The summed E-state index contributed by atoms with van der Waals surface area (Å²) in [6.45, 7) is 8.47. The zero-order chi connectivity index (χ0) is 18.0. The maximum Gasteiger partial charge on any atom is 0.225 e. The zero-order valence-electron chi connectivity index (χ0n) is 15.5. The number of amides is 1. The molecule has 136 valence electrons. The van der Waals surface area contributed by atoms with Crippen LogP contribution in [0.15, 0.2) is 28.7 Å². The molecule has 2 heterocycles. The Morgan fingerprint density at radius 1 is 1.44 bits per heavy atom. The number of nitrogens with zero attached hydrogens (tertiary/aromatic N) is 1. The van der Waals surface area contributed by atoms with Crippen LogP contribution in [0.3, 0.4) is 0 Å². The standard InChI is InChI=1S/C20H28N2O3/c1-13(2)20(23)22-9-8-17(14(3)12-22)21-11-16-10-15-6-5-7-18(24-4)19(15)25-16/h5-7,10,13-14,17,21H,8-9,11-12H2,1-4H3/t14-,17+/m0/s1. The van der Waals surface area contributed by atoms with Crippen molar-refractivity contribution in [1.82, 2.24) is 10.2 Å². The largest absolute Gasteiger partial charge is 0.493 e. The molecule has 1 aromatic heterocycles. The molecular formula is C20H28N2O3. The molecule has 0 saturated carbocycles. The lowest BCUT2D eigenvalue weighted by atomic mass is 9.93. The van der Waals surface area contributed by atoms with Crippen molar-refractivity contribution in [3.63, 3.8) is 0 Å². The van der Waals surface area contributed by atoms with E-state index in [2.05, 4.69) is 18.3 Å². The zero-order valence-corrected chi connectivity index (χ0v) is 15.5. The van der Waals surface area contributed by atoms with E-state index >= 15 is 0 Å². The number of para-hydroxylation sites is 1. The molecule has 5 heteroatoms. The number of likely N-dealkylation sites (tertiary alicyclic amines) is 1. The fourth-order valence-corrected chi connectivity index (χ4v) is 3.58. The lowest BCUT2D eigenvalue weighted by Crippen LogP contribution is -2.50. The second-order valence-electron chi connectivity index (χ2n) is 7.28. The van der Waals surface area contributed by atoms with E-state index in [-0.39, 0.29) is 11.8 Å². The molecule has 1 fully saturated rings. The number of ether oxygens (including phenoxy) is 1. The van der Waals surface area contributed by atoms with E-state index in [1.165, 1.54) is 0 Å². The van der Waals surface area contributed by atoms with Gasteiger partial charge in [0.1, 0.15) is 5.76 Å². The van der Waals surface area contributed by atoms with E-state index in [9.17, 15) is 4.79 Å². The fourth-order valence-electron chi connectivity index (χ4n) is 3.58. The maximum absolute atomic E-state index is 12.2. The smallest absolute Gasteiger partial charge is 0.225 e. The molecule has 0 radical (unpaired) electrons. The Balaban J connectivity index is 1.60. The number of fused-ring (bicyclic) bond motifs is 1. The highest BCUT2D eigenvalue weighted by Gasteiger charge is 2.29. The Kier molecular flexibility index (Phi) is 5.33. The molecule has 2 aromatic rings.